The van der Waals surface area contributed by atoms with E-state index >= 15 is 0 Å². The van der Waals surface area contributed by atoms with Crippen molar-refractivity contribution >= 4 is 53.9 Å². The minimum Gasteiger partial charge on any atom is -0.268 e. The maximum Gasteiger partial charge on any atom is 0.266 e. The van der Waals surface area contributed by atoms with Crippen LogP contribution in [0.5, 0.6) is 0 Å². The molecule has 3 aromatic rings. The summed E-state index contributed by atoms with van der Waals surface area (Å²) in [6.45, 7) is 0. The monoisotopic (exact) mass is 379 g/mol. The first-order valence-electron chi connectivity index (χ1n) is 6.22. The zero-order valence-corrected chi connectivity index (χ0v) is 13.8. The summed E-state index contributed by atoms with van der Waals surface area (Å²) in [4.78, 5) is 21.0. The fourth-order valence-electron chi connectivity index (χ4n) is 2.09. The summed E-state index contributed by atoms with van der Waals surface area (Å²) >= 11 is 3.39. The Kier molecular flexibility index (Phi) is 3.57. The van der Waals surface area contributed by atoms with Crippen LogP contribution in [0.2, 0.25) is 0 Å². The Bertz CT molecular complexity index is 1020. The molecular formula is C14H10BrN3O3S. The molecule has 0 aliphatic carbocycles. The Morgan fingerprint density at radius 2 is 1.68 bits per heavy atom. The molecule has 6 nitrogen and oxygen atoms in total. The first-order chi connectivity index (χ1) is 10.3. The predicted molar refractivity (Wildman–Crippen MR) is 87.1 cm³/mol. The molecule has 0 saturated carbocycles. The van der Waals surface area contributed by atoms with Crippen molar-refractivity contribution in [2.45, 2.75) is 0 Å². The lowest BCUT2D eigenvalue weighted by molar-refractivity contribution is 0.0983. The zero-order chi connectivity index (χ0) is 15.9. The normalized spacial score (nSPS) is 11.7. The van der Waals surface area contributed by atoms with E-state index in [1.165, 1.54) is 6.07 Å². The van der Waals surface area contributed by atoms with Gasteiger partial charge in [-0.15, -0.1) is 0 Å². The SMILES string of the molecule is CS(=O)(=O)NC(=O)c1cccc2nc3cccc(Br)c3nc12. The number of amides is 1. The smallest absolute Gasteiger partial charge is 0.266 e. The quantitative estimate of drug-likeness (QED) is 0.689. The van der Waals surface area contributed by atoms with E-state index in [0.29, 0.717) is 22.1 Å². The van der Waals surface area contributed by atoms with Crippen molar-refractivity contribution in [3.05, 3.63) is 46.4 Å². The highest BCUT2D eigenvalue weighted by molar-refractivity contribution is 9.10. The number of para-hydroxylation sites is 2. The molecule has 0 fully saturated rings. The molecule has 0 atom stereocenters. The van der Waals surface area contributed by atoms with E-state index in [-0.39, 0.29) is 5.56 Å². The fraction of sp³-hybridized carbons (Fsp3) is 0.0714. The molecule has 1 N–H and O–H groups in total. The number of sulfonamides is 1. The van der Waals surface area contributed by atoms with Gasteiger partial charge in [-0.2, -0.15) is 0 Å². The molecular weight excluding hydrogens is 370 g/mol. The number of carbonyl (C=O) groups excluding carboxylic acids is 1. The molecule has 0 saturated heterocycles. The molecule has 0 spiro atoms. The Hall–Kier alpha value is -2.06. The van der Waals surface area contributed by atoms with Crippen molar-refractivity contribution in [2.75, 3.05) is 6.26 Å². The zero-order valence-electron chi connectivity index (χ0n) is 11.4. The van der Waals surface area contributed by atoms with Gasteiger partial charge in [0.25, 0.3) is 5.91 Å². The minimum absolute atomic E-state index is 0.160. The number of benzene rings is 2. The standard InChI is InChI=1S/C14H10BrN3O3S/c1-22(20,21)18-14(19)8-4-2-6-10-12(8)17-13-9(15)5-3-7-11(13)16-10/h2-7H,1H3,(H,18,19). The molecule has 0 aliphatic rings. The molecule has 0 radical (unpaired) electrons. The molecule has 22 heavy (non-hydrogen) atoms. The van der Waals surface area contributed by atoms with E-state index in [1.54, 1.807) is 12.1 Å². The van der Waals surface area contributed by atoms with Gasteiger partial charge < -0.3 is 0 Å². The van der Waals surface area contributed by atoms with E-state index in [0.717, 1.165) is 10.7 Å². The Labute approximate surface area is 134 Å². The second-order valence-electron chi connectivity index (χ2n) is 4.71. The number of hydrogen-bond acceptors (Lipinski definition) is 5. The Morgan fingerprint density at radius 1 is 1.05 bits per heavy atom. The van der Waals surface area contributed by atoms with Crippen LogP contribution in [0.1, 0.15) is 10.4 Å². The maximum atomic E-state index is 12.1. The molecule has 3 rings (SSSR count). The molecule has 112 valence electrons. The van der Waals surface area contributed by atoms with Crippen molar-refractivity contribution in [2.24, 2.45) is 0 Å². The number of carbonyl (C=O) groups is 1. The second kappa shape index (κ2) is 5.29. The third kappa shape index (κ3) is 2.79. The van der Waals surface area contributed by atoms with Crippen LogP contribution in [0.25, 0.3) is 22.1 Å². The molecule has 8 heteroatoms. The Morgan fingerprint density at radius 3 is 2.36 bits per heavy atom. The number of nitrogens with one attached hydrogen (secondary N) is 1. The van der Waals surface area contributed by atoms with Crippen molar-refractivity contribution in [3.8, 4) is 0 Å². The summed E-state index contributed by atoms with van der Waals surface area (Å²) in [5, 5.41) is 0. The van der Waals surface area contributed by atoms with Gasteiger partial charge in [0, 0.05) is 4.47 Å². The van der Waals surface area contributed by atoms with Crippen LogP contribution in [0.15, 0.2) is 40.9 Å². The number of nitrogens with zero attached hydrogens (tertiary/aromatic N) is 2. The summed E-state index contributed by atoms with van der Waals surface area (Å²) in [6, 6.07) is 10.4. The van der Waals surface area contributed by atoms with Gasteiger partial charge in [-0.3, -0.25) is 4.79 Å². The van der Waals surface area contributed by atoms with Gasteiger partial charge >= 0.3 is 0 Å². The predicted octanol–water partition coefficient (Wildman–Crippen LogP) is 2.23. The van der Waals surface area contributed by atoms with Crippen molar-refractivity contribution in [1.29, 1.82) is 0 Å². The van der Waals surface area contributed by atoms with E-state index in [2.05, 4.69) is 25.9 Å². The second-order valence-corrected chi connectivity index (χ2v) is 7.31. The highest BCUT2D eigenvalue weighted by Crippen LogP contribution is 2.24. The van der Waals surface area contributed by atoms with Crippen LogP contribution < -0.4 is 4.72 Å². The summed E-state index contributed by atoms with van der Waals surface area (Å²) in [7, 11) is -3.65. The minimum atomic E-state index is -3.65. The molecule has 0 bridgehead atoms. The number of halogens is 1. The van der Waals surface area contributed by atoms with E-state index in [9.17, 15) is 13.2 Å². The largest absolute Gasteiger partial charge is 0.268 e. The lowest BCUT2D eigenvalue weighted by Crippen LogP contribution is -2.29. The third-order valence-corrected chi connectivity index (χ3v) is 4.16. The van der Waals surface area contributed by atoms with E-state index in [1.807, 2.05) is 22.9 Å². The van der Waals surface area contributed by atoms with E-state index < -0.39 is 15.9 Å². The first-order valence-corrected chi connectivity index (χ1v) is 8.91. The number of aromatic nitrogens is 2. The molecule has 0 unspecified atom stereocenters. The van der Waals surface area contributed by atoms with Gasteiger partial charge in [0.1, 0.15) is 11.0 Å². The lowest BCUT2D eigenvalue weighted by atomic mass is 10.1. The summed E-state index contributed by atoms with van der Waals surface area (Å²) in [6.07, 6.45) is 0.924. The van der Waals surface area contributed by atoms with Crippen molar-refractivity contribution in [1.82, 2.24) is 14.7 Å². The van der Waals surface area contributed by atoms with Gasteiger partial charge in [-0.1, -0.05) is 12.1 Å². The van der Waals surface area contributed by atoms with Crippen LogP contribution in [-0.2, 0) is 10.0 Å². The van der Waals surface area contributed by atoms with Gasteiger partial charge in [0.2, 0.25) is 10.0 Å². The molecule has 0 aliphatic heterocycles. The van der Waals surface area contributed by atoms with Crippen LogP contribution in [0.4, 0.5) is 0 Å². The summed E-state index contributed by atoms with van der Waals surface area (Å²) < 4.78 is 25.2. The highest BCUT2D eigenvalue weighted by atomic mass is 79.9. The average Bonchev–Trinajstić information content (AvgIpc) is 2.43. The van der Waals surface area contributed by atoms with Crippen LogP contribution in [-0.4, -0.2) is 30.5 Å². The number of rotatable bonds is 2. The maximum absolute atomic E-state index is 12.1. The Balaban J connectivity index is 2.27. The summed E-state index contributed by atoms with van der Waals surface area (Å²) in [5.41, 5.74) is 2.32. The third-order valence-electron chi connectivity index (χ3n) is 2.97. The average molecular weight is 380 g/mol. The topological polar surface area (TPSA) is 89.0 Å². The van der Waals surface area contributed by atoms with Gasteiger partial charge in [0.15, 0.2) is 0 Å². The van der Waals surface area contributed by atoms with Gasteiger partial charge in [-0.05, 0) is 40.2 Å². The number of fused-ring (bicyclic) bond motifs is 2. The van der Waals surface area contributed by atoms with Crippen molar-refractivity contribution in [3.63, 3.8) is 0 Å². The van der Waals surface area contributed by atoms with Crippen LogP contribution >= 0.6 is 15.9 Å². The molecule has 1 heterocycles. The summed E-state index contributed by atoms with van der Waals surface area (Å²) in [5.74, 6) is -0.728. The van der Waals surface area contributed by atoms with Gasteiger partial charge in [-0.25, -0.2) is 23.1 Å². The molecule has 1 aromatic heterocycles. The molecule has 1 amide bonds. The fourth-order valence-corrected chi connectivity index (χ4v) is 2.98. The highest BCUT2D eigenvalue weighted by Gasteiger charge is 2.16. The number of hydrogen-bond donors (Lipinski definition) is 1. The van der Waals surface area contributed by atoms with E-state index in [4.69, 9.17) is 0 Å². The first kappa shape index (κ1) is 14.9. The molecule has 2 aromatic carbocycles. The van der Waals surface area contributed by atoms with Crippen LogP contribution in [0, 0.1) is 0 Å². The van der Waals surface area contributed by atoms with Gasteiger partial charge in [0.05, 0.1) is 22.9 Å². The van der Waals surface area contributed by atoms with Crippen LogP contribution in [0.3, 0.4) is 0 Å². The lowest BCUT2D eigenvalue weighted by Gasteiger charge is -2.07. The van der Waals surface area contributed by atoms with Crippen molar-refractivity contribution < 1.29 is 13.2 Å².